The molecule has 0 aliphatic carbocycles. The Bertz CT molecular complexity index is 816. The van der Waals surface area contributed by atoms with Crippen LogP contribution in [0.25, 0.3) is 10.8 Å². The Kier molecular flexibility index (Phi) is 3.32. The molecular weight excluding hydrogens is 264 g/mol. The fourth-order valence-electron chi connectivity index (χ4n) is 2.25. The number of carboxylic acids is 1. The van der Waals surface area contributed by atoms with Crippen LogP contribution in [0.1, 0.15) is 15.9 Å². The normalized spacial score (nSPS) is 10.5. The van der Waals surface area contributed by atoms with Crippen molar-refractivity contribution in [1.29, 1.82) is 0 Å². The average molecular weight is 278 g/mol. The minimum absolute atomic E-state index is 0.218. The predicted octanol–water partition coefficient (Wildman–Crippen LogP) is 4.64. The lowest BCUT2D eigenvalue weighted by molar-refractivity contribution is 0.0696. The lowest BCUT2D eigenvalue weighted by Gasteiger charge is -2.11. The van der Waals surface area contributed by atoms with E-state index in [4.69, 9.17) is 9.84 Å². The van der Waals surface area contributed by atoms with Gasteiger partial charge in [-0.3, -0.25) is 0 Å². The molecule has 3 nitrogen and oxygen atoms in total. The fraction of sp³-hybridized carbons (Fsp3) is 0.0556. The van der Waals surface area contributed by atoms with Gasteiger partial charge in [-0.15, -0.1) is 0 Å². The molecule has 3 aromatic rings. The van der Waals surface area contributed by atoms with Crippen molar-refractivity contribution in [2.75, 3.05) is 0 Å². The van der Waals surface area contributed by atoms with Crippen molar-refractivity contribution in [1.82, 2.24) is 0 Å². The van der Waals surface area contributed by atoms with Crippen LogP contribution in [0.2, 0.25) is 0 Å². The maximum atomic E-state index is 11.1. The van der Waals surface area contributed by atoms with E-state index in [0.29, 0.717) is 5.75 Å². The Hall–Kier alpha value is -2.81. The number of aromatic carboxylic acids is 1. The number of carbonyl (C=O) groups is 1. The first-order valence-electron chi connectivity index (χ1n) is 6.65. The summed E-state index contributed by atoms with van der Waals surface area (Å²) in [6.45, 7) is 1.89. The third-order valence-electron chi connectivity index (χ3n) is 3.40. The maximum Gasteiger partial charge on any atom is 0.335 e. The summed E-state index contributed by atoms with van der Waals surface area (Å²) in [6.07, 6.45) is 0. The van der Waals surface area contributed by atoms with Gasteiger partial charge in [0.2, 0.25) is 0 Å². The van der Waals surface area contributed by atoms with Crippen molar-refractivity contribution in [3.05, 3.63) is 71.8 Å². The van der Waals surface area contributed by atoms with E-state index in [2.05, 4.69) is 0 Å². The summed E-state index contributed by atoms with van der Waals surface area (Å²) >= 11 is 0. The Labute approximate surface area is 122 Å². The van der Waals surface area contributed by atoms with Crippen molar-refractivity contribution in [2.45, 2.75) is 6.92 Å². The van der Waals surface area contributed by atoms with Crippen LogP contribution in [0.3, 0.4) is 0 Å². The van der Waals surface area contributed by atoms with Crippen LogP contribution in [0, 0.1) is 6.92 Å². The van der Waals surface area contributed by atoms with Crippen molar-refractivity contribution >= 4 is 16.7 Å². The number of carboxylic acid groups (broad SMARTS) is 1. The van der Waals surface area contributed by atoms with Gasteiger partial charge in [0, 0.05) is 5.39 Å². The lowest BCUT2D eigenvalue weighted by Crippen LogP contribution is -1.97. The highest BCUT2D eigenvalue weighted by Gasteiger charge is 2.09. The Morgan fingerprint density at radius 3 is 2.52 bits per heavy atom. The number of aryl methyl sites for hydroxylation is 1. The minimum atomic E-state index is -0.960. The maximum absolute atomic E-state index is 11.1. The van der Waals surface area contributed by atoms with Gasteiger partial charge >= 0.3 is 5.97 Å². The highest BCUT2D eigenvalue weighted by molar-refractivity contribution is 5.89. The third-order valence-corrected chi connectivity index (χ3v) is 3.40. The molecule has 3 heteroatoms. The van der Waals surface area contributed by atoms with Gasteiger partial charge in [-0.2, -0.15) is 0 Å². The van der Waals surface area contributed by atoms with Crippen LogP contribution < -0.4 is 4.74 Å². The predicted molar refractivity (Wildman–Crippen MR) is 82.2 cm³/mol. The summed E-state index contributed by atoms with van der Waals surface area (Å²) < 4.78 is 5.95. The second-order valence-corrected chi connectivity index (χ2v) is 4.86. The molecule has 0 radical (unpaired) electrons. The molecule has 0 saturated heterocycles. The third kappa shape index (κ3) is 2.58. The molecule has 0 aliphatic rings. The number of hydrogen-bond acceptors (Lipinski definition) is 2. The van der Waals surface area contributed by atoms with Crippen LogP contribution >= 0.6 is 0 Å². The Morgan fingerprint density at radius 2 is 1.71 bits per heavy atom. The summed E-state index contributed by atoms with van der Waals surface area (Å²) in [7, 11) is 0. The second kappa shape index (κ2) is 5.29. The fourth-order valence-corrected chi connectivity index (χ4v) is 2.25. The van der Waals surface area contributed by atoms with Gasteiger partial charge in [-0.05, 0) is 36.1 Å². The standard InChI is InChI=1S/C18H14O3/c1-12-9-10-14(18(19)20)11-17(12)21-16-8-4-6-13-5-2-3-7-15(13)16/h2-11H,1H3,(H,19,20). The first kappa shape index (κ1) is 13.2. The van der Waals surface area contributed by atoms with Crippen LogP contribution in [0.4, 0.5) is 0 Å². The summed E-state index contributed by atoms with van der Waals surface area (Å²) in [6, 6.07) is 18.6. The number of benzene rings is 3. The van der Waals surface area contributed by atoms with Crippen LogP contribution in [-0.4, -0.2) is 11.1 Å². The van der Waals surface area contributed by atoms with Crippen molar-refractivity contribution < 1.29 is 14.6 Å². The molecule has 0 spiro atoms. The lowest BCUT2D eigenvalue weighted by atomic mass is 10.1. The van der Waals surface area contributed by atoms with Crippen molar-refractivity contribution in [3.63, 3.8) is 0 Å². The number of ether oxygens (including phenoxy) is 1. The van der Waals surface area contributed by atoms with Gasteiger partial charge in [0.05, 0.1) is 5.56 Å². The second-order valence-electron chi connectivity index (χ2n) is 4.86. The zero-order chi connectivity index (χ0) is 14.8. The van der Waals surface area contributed by atoms with E-state index in [-0.39, 0.29) is 5.56 Å². The van der Waals surface area contributed by atoms with Gasteiger partial charge in [0.1, 0.15) is 11.5 Å². The topological polar surface area (TPSA) is 46.5 Å². The molecule has 3 rings (SSSR count). The van der Waals surface area contributed by atoms with Crippen molar-refractivity contribution in [2.24, 2.45) is 0 Å². The van der Waals surface area contributed by atoms with Gasteiger partial charge in [-0.25, -0.2) is 4.79 Å². The largest absolute Gasteiger partial charge is 0.478 e. The molecule has 0 fully saturated rings. The molecule has 3 aromatic carbocycles. The zero-order valence-corrected chi connectivity index (χ0v) is 11.5. The molecule has 21 heavy (non-hydrogen) atoms. The first-order chi connectivity index (χ1) is 10.1. The number of fused-ring (bicyclic) bond motifs is 1. The molecule has 104 valence electrons. The highest BCUT2D eigenvalue weighted by atomic mass is 16.5. The molecule has 0 amide bonds. The molecule has 0 atom stereocenters. The van der Waals surface area contributed by atoms with E-state index in [1.807, 2.05) is 49.4 Å². The molecule has 0 heterocycles. The van der Waals surface area contributed by atoms with E-state index in [0.717, 1.165) is 22.1 Å². The molecule has 0 aliphatic heterocycles. The Balaban J connectivity index is 2.06. The monoisotopic (exact) mass is 278 g/mol. The van der Waals surface area contributed by atoms with Crippen LogP contribution in [0.5, 0.6) is 11.5 Å². The summed E-state index contributed by atoms with van der Waals surface area (Å²) in [5.41, 5.74) is 1.11. The summed E-state index contributed by atoms with van der Waals surface area (Å²) in [5.74, 6) is 0.322. The molecule has 0 aromatic heterocycles. The number of rotatable bonds is 3. The summed E-state index contributed by atoms with van der Waals surface area (Å²) in [4.78, 5) is 11.1. The quantitative estimate of drug-likeness (QED) is 0.759. The molecule has 0 saturated carbocycles. The SMILES string of the molecule is Cc1ccc(C(=O)O)cc1Oc1cccc2ccccc12. The zero-order valence-electron chi connectivity index (χ0n) is 11.5. The smallest absolute Gasteiger partial charge is 0.335 e. The van der Waals surface area contributed by atoms with Gasteiger partial charge in [0.15, 0.2) is 0 Å². The van der Waals surface area contributed by atoms with Crippen LogP contribution in [0.15, 0.2) is 60.7 Å². The number of hydrogen-bond donors (Lipinski definition) is 1. The van der Waals surface area contributed by atoms with E-state index in [1.165, 1.54) is 0 Å². The van der Waals surface area contributed by atoms with Crippen LogP contribution in [-0.2, 0) is 0 Å². The summed E-state index contributed by atoms with van der Waals surface area (Å²) in [5, 5.41) is 11.2. The van der Waals surface area contributed by atoms with Gasteiger partial charge in [-0.1, -0.05) is 42.5 Å². The molecule has 0 unspecified atom stereocenters. The van der Waals surface area contributed by atoms with E-state index < -0.39 is 5.97 Å². The first-order valence-corrected chi connectivity index (χ1v) is 6.65. The van der Waals surface area contributed by atoms with Crippen molar-refractivity contribution in [3.8, 4) is 11.5 Å². The average Bonchev–Trinajstić information content (AvgIpc) is 2.49. The molecular formula is C18H14O3. The highest BCUT2D eigenvalue weighted by Crippen LogP contribution is 2.31. The molecule has 0 bridgehead atoms. The van der Waals surface area contributed by atoms with Gasteiger partial charge < -0.3 is 9.84 Å². The minimum Gasteiger partial charge on any atom is -0.478 e. The van der Waals surface area contributed by atoms with E-state index in [1.54, 1.807) is 18.2 Å². The Morgan fingerprint density at radius 1 is 0.952 bits per heavy atom. The van der Waals surface area contributed by atoms with E-state index in [9.17, 15) is 4.79 Å². The van der Waals surface area contributed by atoms with Gasteiger partial charge in [0.25, 0.3) is 0 Å². The molecule has 1 N–H and O–H groups in total. The van der Waals surface area contributed by atoms with E-state index >= 15 is 0 Å².